The van der Waals surface area contributed by atoms with Crippen LogP contribution in [-0.4, -0.2) is 48.8 Å². The first-order valence-electron chi connectivity index (χ1n) is 9.93. The van der Waals surface area contributed by atoms with E-state index in [4.69, 9.17) is 14.2 Å². The molecule has 0 radical (unpaired) electrons. The van der Waals surface area contributed by atoms with Gasteiger partial charge in [-0.25, -0.2) is 0 Å². The molecule has 5 rings (SSSR count). The number of ether oxygens (including phenoxy) is 3. The molecule has 0 aromatic rings. The predicted molar refractivity (Wildman–Crippen MR) is 96.4 cm³/mol. The molecular weight excluding hydrogens is 316 g/mol. The van der Waals surface area contributed by atoms with Crippen molar-refractivity contribution < 1.29 is 19.3 Å². The van der Waals surface area contributed by atoms with Crippen LogP contribution in [0, 0.1) is 0 Å². The Hall–Kier alpha value is -0.940. The van der Waals surface area contributed by atoms with E-state index in [1.165, 1.54) is 38.5 Å². The molecule has 0 aromatic carbocycles. The fourth-order valence-corrected chi connectivity index (χ4v) is 4.14. The number of aliphatic hydroxyl groups is 1. The molecule has 5 aliphatic rings. The highest BCUT2D eigenvalue weighted by molar-refractivity contribution is 5.34. The fraction of sp³-hybridized carbons (Fsp3) is 0.714. The van der Waals surface area contributed by atoms with Crippen molar-refractivity contribution in [3.8, 4) is 0 Å². The number of hydrogen-bond acceptors (Lipinski definition) is 4. The van der Waals surface area contributed by atoms with E-state index in [1.807, 2.05) is 12.2 Å². The van der Waals surface area contributed by atoms with Gasteiger partial charge < -0.3 is 19.3 Å². The minimum atomic E-state index is 0.0996. The summed E-state index contributed by atoms with van der Waals surface area (Å²) in [6.07, 6.45) is 20.6. The lowest BCUT2D eigenvalue weighted by molar-refractivity contribution is 0.0400. The quantitative estimate of drug-likeness (QED) is 0.792. The van der Waals surface area contributed by atoms with Gasteiger partial charge in [0.1, 0.15) is 6.10 Å². The van der Waals surface area contributed by atoms with E-state index in [1.54, 1.807) is 0 Å². The number of aliphatic hydroxyl groups excluding tert-OH is 1. The van der Waals surface area contributed by atoms with Crippen molar-refractivity contribution in [1.29, 1.82) is 0 Å². The molecule has 25 heavy (non-hydrogen) atoms. The maximum atomic E-state index is 9.20. The molecule has 4 nitrogen and oxygen atoms in total. The minimum Gasteiger partial charge on any atom is -0.392 e. The van der Waals surface area contributed by atoms with E-state index >= 15 is 0 Å². The SMILES string of the molecule is C1CCC2OC2C1.OCC1=CCC=CC(COC2CCCC3OC23)=C1. The van der Waals surface area contributed by atoms with E-state index in [0.717, 1.165) is 24.0 Å². The topological polar surface area (TPSA) is 54.5 Å². The summed E-state index contributed by atoms with van der Waals surface area (Å²) in [5, 5.41) is 9.20. The monoisotopic (exact) mass is 346 g/mol. The number of allylic oxidation sites excluding steroid dienone is 2. The molecule has 3 aliphatic carbocycles. The van der Waals surface area contributed by atoms with Crippen molar-refractivity contribution in [2.75, 3.05) is 13.2 Å². The van der Waals surface area contributed by atoms with E-state index in [2.05, 4.69) is 12.2 Å². The average molecular weight is 346 g/mol. The molecule has 4 heteroatoms. The first-order chi connectivity index (χ1) is 12.3. The molecule has 0 aromatic heterocycles. The van der Waals surface area contributed by atoms with E-state index in [9.17, 15) is 5.11 Å². The van der Waals surface area contributed by atoms with Gasteiger partial charge in [-0.05, 0) is 49.7 Å². The summed E-state index contributed by atoms with van der Waals surface area (Å²) in [4.78, 5) is 0. The van der Waals surface area contributed by atoms with Gasteiger partial charge in [-0.15, -0.1) is 0 Å². The zero-order chi connectivity index (χ0) is 17.1. The van der Waals surface area contributed by atoms with Crippen molar-refractivity contribution in [2.45, 2.75) is 81.9 Å². The molecule has 0 bridgehead atoms. The number of fused-ring (bicyclic) bond motifs is 2. The molecule has 5 atom stereocenters. The molecule has 4 fully saturated rings. The highest BCUT2D eigenvalue weighted by Gasteiger charge is 2.47. The number of hydrogen-bond donors (Lipinski definition) is 1. The molecule has 1 N–H and O–H groups in total. The summed E-state index contributed by atoms with van der Waals surface area (Å²) in [5.74, 6) is 0. The van der Waals surface area contributed by atoms with Crippen molar-refractivity contribution in [3.63, 3.8) is 0 Å². The lowest BCUT2D eigenvalue weighted by Gasteiger charge is -2.19. The Balaban J connectivity index is 0.000000185. The molecule has 2 saturated heterocycles. The fourth-order valence-electron chi connectivity index (χ4n) is 4.14. The first kappa shape index (κ1) is 17.5. The van der Waals surface area contributed by atoms with Crippen LogP contribution in [0.1, 0.15) is 51.4 Å². The third kappa shape index (κ3) is 4.82. The standard InChI is InChI=1S/C15H20O3.C6H10O/c16-9-11-4-1-2-5-12(8-11)10-17-13-6-3-7-14-15(13)18-14;1-2-4-6-5(3-1)7-6/h2,4-5,8,13-16H,1,3,6-7,9-10H2;5-6H,1-4H2. The summed E-state index contributed by atoms with van der Waals surface area (Å²) in [6.45, 7) is 0.716. The van der Waals surface area contributed by atoms with Crippen LogP contribution in [0.15, 0.2) is 35.5 Å². The number of rotatable bonds is 4. The predicted octanol–water partition coefficient (Wildman–Crippen LogP) is 3.46. The van der Waals surface area contributed by atoms with Gasteiger partial charge in [0.15, 0.2) is 0 Å². The zero-order valence-corrected chi connectivity index (χ0v) is 14.9. The Kier molecular flexibility index (Phi) is 5.71. The second-order valence-corrected chi connectivity index (χ2v) is 7.71. The molecule has 5 unspecified atom stereocenters. The smallest absolute Gasteiger partial charge is 0.110 e. The minimum absolute atomic E-state index is 0.0996. The summed E-state index contributed by atoms with van der Waals surface area (Å²) >= 11 is 0. The molecule has 138 valence electrons. The van der Waals surface area contributed by atoms with Crippen molar-refractivity contribution in [1.82, 2.24) is 0 Å². The third-order valence-electron chi connectivity index (χ3n) is 5.75. The normalized spacial score (nSPS) is 38.2. The molecule has 0 spiro atoms. The molecule has 0 amide bonds. The summed E-state index contributed by atoms with van der Waals surface area (Å²) in [7, 11) is 0. The van der Waals surface area contributed by atoms with Gasteiger partial charge in [-0.2, -0.15) is 0 Å². The Morgan fingerprint density at radius 3 is 2.52 bits per heavy atom. The van der Waals surface area contributed by atoms with Gasteiger partial charge in [0.05, 0.1) is 37.6 Å². The lowest BCUT2D eigenvalue weighted by Crippen LogP contribution is -2.26. The lowest BCUT2D eigenvalue weighted by atomic mass is 9.98. The van der Waals surface area contributed by atoms with Gasteiger partial charge in [0.2, 0.25) is 0 Å². The first-order valence-corrected chi connectivity index (χ1v) is 9.93. The second-order valence-electron chi connectivity index (χ2n) is 7.71. The Labute approximate surface area is 150 Å². The van der Waals surface area contributed by atoms with Gasteiger partial charge in [-0.3, -0.25) is 0 Å². The van der Waals surface area contributed by atoms with Crippen molar-refractivity contribution in [2.24, 2.45) is 0 Å². The Morgan fingerprint density at radius 1 is 0.960 bits per heavy atom. The molecule has 2 heterocycles. The second kappa shape index (κ2) is 8.17. The largest absolute Gasteiger partial charge is 0.392 e. The van der Waals surface area contributed by atoms with Gasteiger partial charge in [-0.1, -0.05) is 37.1 Å². The highest BCUT2D eigenvalue weighted by atomic mass is 16.6. The van der Waals surface area contributed by atoms with Crippen molar-refractivity contribution in [3.05, 3.63) is 35.5 Å². The Morgan fingerprint density at radius 2 is 1.76 bits per heavy atom. The summed E-state index contributed by atoms with van der Waals surface area (Å²) < 4.78 is 16.8. The third-order valence-corrected chi connectivity index (χ3v) is 5.75. The molecule has 2 aliphatic heterocycles. The maximum absolute atomic E-state index is 9.20. The summed E-state index contributed by atoms with van der Waals surface area (Å²) in [5.41, 5.74) is 2.11. The molecular formula is C21H30O4. The van der Waals surface area contributed by atoms with Crippen LogP contribution in [0.2, 0.25) is 0 Å². The highest BCUT2D eigenvalue weighted by Crippen LogP contribution is 2.38. The zero-order valence-electron chi connectivity index (χ0n) is 14.9. The number of epoxide rings is 2. The van der Waals surface area contributed by atoms with E-state index < -0.39 is 0 Å². The van der Waals surface area contributed by atoms with Crippen LogP contribution in [0.25, 0.3) is 0 Å². The van der Waals surface area contributed by atoms with Crippen LogP contribution in [0.5, 0.6) is 0 Å². The van der Waals surface area contributed by atoms with E-state index in [-0.39, 0.29) is 12.7 Å². The van der Waals surface area contributed by atoms with Gasteiger partial charge in [0.25, 0.3) is 0 Å². The molecule has 2 saturated carbocycles. The van der Waals surface area contributed by atoms with Crippen LogP contribution >= 0.6 is 0 Å². The van der Waals surface area contributed by atoms with Crippen molar-refractivity contribution >= 4 is 0 Å². The van der Waals surface area contributed by atoms with E-state index in [0.29, 0.717) is 31.0 Å². The van der Waals surface area contributed by atoms with Crippen LogP contribution in [0.3, 0.4) is 0 Å². The van der Waals surface area contributed by atoms with Crippen LogP contribution < -0.4 is 0 Å². The van der Waals surface area contributed by atoms with Gasteiger partial charge in [0, 0.05) is 0 Å². The average Bonchev–Trinajstić information content (AvgIpc) is 3.54. The van der Waals surface area contributed by atoms with Crippen LogP contribution in [0.4, 0.5) is 0 Å². The Bertz CT molecular complexity index is 540. The summed E-state index contributed by atoms with van der Waals surface area (Å²) in [6, 6.07) is 0. The van der Waals surface area contributed by atoms with Crippen LogP contribution in [-0.2, 0) is 14.2 Å². The van der Waals surface area contributed by atoms with Gasteiger partial charge >= 0.3 is 0 Å². The maximum Gasteiger partial charge on any atom is 0.110 e.